The number of fused-ring (bicyclic) bond motifs is 3. The second-order valence-corrected chi connectivity index (χ2v) is 12.0. The number of phenols is 1. The molecular formula is C29H36ClN3O7. The average molecular weight is 574 g/mol. The van der Waals surface area contributed by atoms with E-state index in [-0.39, 0.29) is 35.8 Å². The van der Waals surface area contributed by atoms with Crippen molar-refractivity contribution in [2.45, 2.75) is 63.1 Å². The van der Waals surface area contributed by atoms with Crippen LogP contribution in [0.25, 0.3) is 0 Å². The van der Waals surface area contributed by atoms with Crippen LogP contribution in [-0.4, -0.2) is 86.5 Å². The van der Waals surface area contributed by atoms with Crippen LogP contribution in [0.2, 0.25) is 5.02 Å². The van der Waals surface area contributed by atoms with Crippen LogP contribution in [-0.2, 0) is 16.0 Å². The summed E-state index contributed by atoms with van der Waals surface area (Å²) >= 11 is 7.00. The van der Waals surface area contributed by atoms with Crippen LogP contribution in [0.4, 0.5) is 0 Å². The van der Waals surface area contributed by atoms with E-state index in [4.69, 9.17) is 17.3 Å². The zero-order valence-corrected chi connectivity index (χ0v) is 23.7. The first-order chi connectivity index (χ1) is 18.9. The molecule has 1 aromatic carbocycles. The van der Waals surface area contributed by atoms with Crippen LogP contribution in [0, 0.1) is 11.8 Å². The van der Waals surface area contributed by atoms with Gasteiger partial charge in [0.1, 0.15) is 22.8 Å². The first-order valence-electron chi connectivity index (χ1n) is 13.8. The highest BCUT2D eigenvalue weighted by Gasteiger charge is 2.63. The molecule has 0 spiro atoms. The van der Waals surface area contributed by atoms with Gasteiger partial charge < -0.3 is 26.2 Å². The molecule has 0 saturated carbocycles. The standard InChI is InChI=1S/C29H36ClN3O7/c1-4-8-33-9-6-5-7-17(33)14-12-18(34)20-15(22(14)30)10-13-11-16-23(32(2)3)25(36)21(28(31)39)27(38)29(16,40)26(37)19(13)24(20)35/h12-13,16-17,23,34,36-37,40H,4-11H2,1-3H3,(H2,31,39)/t13-,16-,17?,23-,29-/m0/s1. The SMILES string of the molecule is CCCN1CCCCC1c1cc(O)c2c(c1Cl)C[C@H]1C[C@H]3[C@H](N(C)C)C(O)=C(C(N)=O)C(=O)[C@@]3(O)C(O)=C1C2=O. The lowest BCUT2D eigenvalue weighted by atomic mass is 9.58. The number of likely N-dealkylation sites (N-methyl/N-ethyl adjacent to an activating group) is 1. The number of hydrogen-bond donors (Lipinski definition) is 5. The number of halogens is 1. The van der Waals surface area contributed by atoms with E-state index in [1.54, 1.807) is 14.1 Å². The number of likely N-dealkylation sites (tertiary alicyclic amines) is 1. The number of allylic oxidation sites excluding steroid dienone is 1. The Bertz CT molecular complexity index is 1370. The van der Waals surface area contributed by atoms with Crippen molar-refractivity contribution in [3.8, 4) is 5.75 Å². The summed E-state index contributed by atoms with van der Waals surface area (Å²) in [6, 6.07) is 0.485. The van der Waals surface area contributed by atoms with Gasteiger partial charge in [-0.05, 0) is 82.4 Å². The third-order valence-electron chi connectivity index (χ3n) is 9.17. The Labute approximate surface area is 237 Å². The van der Waals surface area contributed by atoms with Gasteiger partial charge in [0.15, 0.2) is 11.4 Å². The Hall–Kier alpha value is -2.92. The van der Waals surface area contributed by atoms with Crippen LogP contribution >= 0.6 is 11.6 Å². The number of aliphatic hydroxyl groups is 3. The van der Waals surface area contributed by atoms with Crippen molar-refractivity contribution in [2.24, 2.45) is 17.6 Å². The van der Waals surface area contributed by atoms with Gasteiger partial charge in [-0.15, -0.1) is 0 Å². The number of Topliss-reactive ketones (excluding diaryl/α,β-unsaturated/α-hetero) is 2. The lowest BCUT2D eigenvalue weighted by Crippen LogP contribution is -2.63. The van der Waals surface area contributed by atoms with Gasteiger partial charge in [-0.3, -0.25) is 24.2 Å². The molecule has 11 heteroatoms. The van der Waals surface area contributed by atoms with E-state index in [2.05, 4.69) is 11.8 Å². The number of piperidine rings is 1. The molecule has 4 aliphatic rings. The fraction of sp³-hybridized carbons (Fsp3) is 0.552. The maximum atomic E-state index is 13.9. The molecule has 1 saturated heterocycles. The van der Waals surface area contributed by atoms with Crippen molar-refractivity contribution in [3.63, 3.8) is 0 Å². The van der Waals surface area contributed by atoms with Crippen molar-refractivity contribution < 1.29 is 34.8 Å². The molecule has 6 N–H and O–H groups in total. The van der Waals surface area contributed by atoms with Crippen molar-refractivity contribution in [3.05, 3.63) is 50.4 Å². The maximum Gasteiger partial charge on any atom is 0.255 e. The minimum absolute atomic E-state index is 0.00214. The largest absolute Gasteiger partial charge is 0.510 e. The van der Waals surface area contributed by atoms with Crippen LogP contribution in [0.15, 0.2) is 28.7 Å². The van der Waals surface area contributed by atoms with Crippen molar-refractivity contribution in [1.82, 2.24) is 9.80 Å². The number of aromatic hydroxyl groups is 1. The highest BCUT2D eigenvalue weighted by atomic mass is 35.5. The van der Waals surface area contributed by atoms with Crippen molar-refractivity contribution >= 4 is 29.1 Å². The monoisotopic (exact) mass is 573 g/mol. The molecule has 1 heterocycles. The summed E-state index contributed by atoms with van der Waals surface area (Å²) in [5.74, 6) is -6.72. The number of amides is 1. The van der Waals surface area contributed by atoms with E-state index < -0.39 is 58.0 Å². The van der Waals surface area contributed by atoms with Gasteiger partial charge in [0.2, 0.25) is 5.78 Å². The van der Waals surface area contributed by atoms with Gasteiger partial charge in [-0.1, -0.05) is 24.9 Å². The second kappa shape index (κ2) is 10.2. The number of nitrogens with zero attached hydrogens (tertiary/aromatic N) is 2. The fourth-order valence-corrected chi connectivity index (χ4v) is 7.81. The third kappa shape index (κ3) is 3.99. The fourth-order valence-electron chi connectivity index (χ4n) is 7.46. The van der Waals surface area contributed by atoms with Crippen molar-refractivity contribution in [1.29, 1.82) is 0 Å². The molecule has 5 atom stereocenters. The zero-order valence-electron chi connectivity index (χ0n) is 22.9. The Morgan fingerprint density at radius 3 is 2.55 bits per heavy atom. The van der Waals surface area contributed by atoms with Gasteiger partial charge >= 0.3 is 0 Å². The molecule has 1 unspecified atom stereocenters. The first kappa shape index (κ1) is 28.6. The van der Waals surface area contributed by atoms with E-state index in [1.165, 1.54) is 11.0 Å². The highest BCUT2D eigenvalue weighted by molar-refractivity contribution is 6.33. The topological polar surface area (TPSA) is 165 Å². The summed E-state index contributed by atoms with van der Waals surface area (Å²) in [6.45, 7) is 3.91. The summed E-state index contributed by atoms with van der Waals surface area (Å²) in [5.41, 5.74) is 2.87. The van der Waals surface area contributed by atoms with Gasteiger partial charge in [0.05, 0.1) is 11.6 Å². The molecule has 3 aliphatic carbocycles. The molecule has 1 amide bonds. The van der Waals surface area contributed by atoms with E-state index in [9.17, 15) is 34.8 Å². The molecule has 40 heavy (non-hydrogen) atoms. The number of nitrogens with two attached hydrogens (primary N) is 1. The zero-order chi connectivity index (χ0) is 29.3. The predicted molar refractivity (Wildman–Crippen MR) is 147 cm³/mol. The van der Waals surface area contributed by atoms with Gasteiger partial charge in [0.25, 0.3) is 5.91 Å². The molecule has 0 bridgehead atoms. The van der Waals surface area contributed by atoms with Crippen LogP contribution in [0.1, 0.15) is 66.6 Å². The number of carbonyl (C=O) groups excluding carboxylic acids is 3. The summed E-state index contributed by atoms with van der Waals surface area (Å²) in [4.78, 5) is 43.3. The van der Waals surface area contributed by atoms with Gasteiger partial charge in [0, 0.05) is 22.6 Å². The molecule has 0 radical (unpaired) electrons. The number of rotatable bonds is 5. The maximum absolute atomic E-state index is 13.9. The Morgan fingerprint density at radius 2 is 1.93 bits per heavy atom. The first-order valence-corrected chi connectivity index (χ1v) is 14.2. The number of ketones is 2. The quantitative estimate of drug-likeness (QED) is 0.333. The van der Waals surface area contributed by atoms with E-state index in [0.29, 0.717) is 10.6 Å². The molecule has 0 aromatic heterocycles. The minimum Gasteiger partial charge on any atom is -0.510 e. The number of hydrogen-bond acceptors (Lipinski definition) is 9. The molecule has 5 rings (SSSR count). The minimum atomic E-state index is -2.66. The molecule has 216 valence electrons. The third-order valence-corrected chi connectivity index (χ3v) is 9.61. The Kier molecular flexibility index (Phi) is 7.27. The summed E-state index contributed by atoms with van der Waals surface area (Å²) in [5, 5.41) is 45.6. The lowest BCUT2D eigenvalue weighted by Gasteiger charge is -2.50. The van der Waals surface area contributed by atoms with Gasteiger partial charge in [-0.2, -0.15) is 0 Å². The molecular weight excluding hydrogens is 538 g/mol. The predicted octanol–water partition coefficient (Wildman–Crippen LogP) is 2.71. The molecule has 1 fully saturated rings. The number of aliphatic hydroxyl groups excluding tert-OH is 2. The van der Waals surface area contributed by atoms with Gasteiger partial charge in [-0.25, -0.2) is 0 Å². The van der Waals surface area contributed by atoms with Crippen LogP contribution in [0.5, 0.6) is 5.75 Å². The number of benzene rings is 1. The highest BCUT2D eigenvalue weighted by Crippen LogP contribution is 2.53. The Morgan fingerprint density at radius 1 is 1.23 bits per heavy atom. The lowest BCUT2D eigenvalue weighted by molar-refractivity contribution is -0.148. The molecule has 1 aliphatic heterocycles. The van der Waals surface area contributed by atoms with Crippen LogP contribution in [0.3, 0.4) is 0 Å². The summed E-state index contributed by atoms with van der Waals surface area (Å²) in [6.07, 6.45) is 4.14. The molecule has 1 aromatic rings. The van der Waals surface area contributed by atoms with E-state index >= 15 is 0 Å². The average Bonchev–Trinajstić information content (AvgIpc) is 2.88. The molecule has 10 nitrogen and oxygen atoms in total. The van der Waals surface area contributed by atoms with Crippen LogP contribution < -0.4 is 5.73 Å². The summed E-state index contributed by atoms with van der Waals surface area (Å²) < 4.78 is 0. The van der Waals surface area contributed by atoms with E-state index in [1.807, 2.05) is 0 Å². The van der Waals surface area contributed by atoms with E-state index in [0.717, 1.165) is 44.3 Å². The number of phenolic OH excluding ortho intramolecular Hbond substituents is 1. The number of carbonyl (C=O) groups is 3. The normalized spacial score (nSPS) is 30.9. The second-order valence-electron chi connectivity index (χ2n) is 11.7. The summed E-state index contributed by atoms with van der Waals surface area (Å²) in [7, 11) is 3.20. The smallest absolute Gasteiger partial charge is 0.255 e. The Balaban J connectivity index is 1.65. The number of primary amides is 1. The van der Waals surface area contributed by atoms with Crippen molar-refractivity contribution in [2.75, 3.05) is 27.2 Å².